The first-order valence-corrected chi connectivity index (χ1v) is 11.1. The van der Waals surface area contributed by atoms with Gasteiger partial charge in [-0.3, -0.25) is 4.99 Å². The molecule has 0 aliphatic heterocycles. The number of thiazole rings is 1. The molecule has 4 rings (SSSR count). The summed E-state index contributed by atoms with van der Waals surface area (Å²) in [6.45, 7) is 0. The summed E-state index contributed by atoms with van der Waals surface area (Å²) in [7, 11) is 1.63. The van der Waals surface area contributed by atoms with Crippen molar-refractivity contribution in [3.05, 3.63) is 52.1 Å². The van der Waals surface area contributed by atoms with E-state index in [0.717, 1.165) is 34.6 Å². The lowest BCUT2D eigenvalue weighted by Crippen LogP contribution is -2.19. The zero-order valence-corrected chi connectivity index (χ0v) is 18.0. The molecular weight excluding hydrogens is 414 g/mol. The molecule has 1 aliphatic carbocycles. The van der Waals surface area contributed by atoms with Gasteiger partial charge in [0.2, 0.25) is 10.6 Å². The average molecular weight is 440 g/mol. The second kappa shape index (κ2) is 9.26. The summed E-state index contributed by atoms with van der Waals surface area (Å²) in [5.41, 5.74) is 1.97. The van der Waals surface area contributed by atoms with Gasteiger partial charge >= 0.3 is 0 Å². The van der Waals surface area contributed by atoms with Crippen LogP contribution < -0.4 is 9.54 Å². The smallest absolute Gasteiger partial charge is 0.206 e. The van der Waals surface area contributed by atoms with Crippen LogP contribution in [0, 0.1) is 0 Å². The Morgan fingerprint density at radius 2 is 1.81 bits per heavy atom. The molecule has 162 valence electrons. The van der Waals surface area contributed by atoms with Crippen molar-refractivity contribution in [2.75, 3.05) is 7.11 Å². The summed E-state index contributed by atoms with van der Waals surface area (Å²) in [6, 6.07) is 10.8. The summed E-state index contributed by atoms with van der Waals surface area (Å²) >= 11 is 1.50. The number of ether oxygens (including phenoxy) is 1. The maximum atomic E-state index is 10.2. The Morgan fingerprint density at radius 1 is 1.03 bits per heavy atom. The van der Waals surface area contributed by atoms with E-state index in [-0.39, 0.29) is 17.4 Å². The number of phenolic OH excluding ortho intramolecular Hbond substituents is 3. The number of aromatic hydroxyl groups is 3. The zero-order chi connectivity index (χ0) is 21.8. The van der Waals surface area contributed by atoms with E-state index < -0.39 is 11.5 Å². The van der Waals surface area contributed by atoms with Gasteiger partial charge in [-0.1, -0.05) is 31.4 Å². The zero-order valence-electron chi connectivity index (χ0n) is 17.2. The first kappa shape index (κ1) is 21.0. The van der Waals surface area contributed by atoms with Gasteiger partial charge < -0.3 is 20.1 Å². The summed E-state index contributed by atoms with van der Waals surface area (Å²) < 4.78 is 7.27. The number of nitrogens with zero attached hydrogens (tertiary/aromatic N) is 3. The van der Waals surface area contributed by atoms with Gasteiger partial charge in [-0.15, -0.1) is 11.3 Å². The summed E-state index contributed by atoms with van der Waals surface area (Å²) in [5, 5.41) is 36.1. The minimum absolute atomic E-state index is 0.269. The lowest BCUT2D eigenvalue weighted by Gasteiger charge is -2.17. The number of methoxy groups -OCH3 is 1. The molecule has 8 heteroatoms. The van der Waals surface area contributed by atoms with Crippen molar-refractivity contribution in [3.63, 3.8) is 0 Å². The third-order valence-corrected chi connectivity index (χ3v) is 6.24. The van der Waals surface area contributed by atoms with Gasteiger partial charge in [0, 0.05) is 16.5 Å². The molecule has 0 bridgehead atoms. The van der Waals surface area contributed by atoms with E-state index in [4.69, 9.17) is 9.73 Å². The van der Waals surface area contributed by atoms with Crippen LogP contribution in [0.5, 0.6) is 23.0 Å². The third kappa shape index (κ3) is 4.44. The standard InChI is InChI=1S/C23H25N3O4S/c1-30-20-10-6-5-9-17(20)18-14-31-23(25-16-7-3-2-4-8-16)26(18)24-13-15-11-12-19(27)22(29)21(15)28/h5-6,9-14,16,27-29H,2-4,7-8H2,1H3. The predicted octanol–water partition coefficient (Wildman–Crippen LogP) is 4.46. The highest BCUT2D eigenvalue weighted by Gasteiger charge is 2.16. The number of benzene rings is 2. The van der Waals surface area contributed by atoms with Crippen LogP contribution in [0.1, 0.15) is 37.7 Å². The molecule has 1 aromatic heterocycles. The Bertz CT molecular complexity index is 1160. The largest absolute Gasteiger partial charge is 0.504 e. The Hall–Kier alpha value is -3.26. The van der Waals surface area contributed by atoms with Crippen molar-refractivity contribution in [1.29, 1.82) is 0 Å². The van der Waals surface area contributed by atoms with Crippen molar-refractivity contribution in [2.24, 2.45) is 10.1 Å². The molecule has 2 aromatic carbocycles. The van der Waals surface area contributed by atoms with E-state index in [1.165, 1.54) is 48.9 Å². The molecule has 0 atom stereocenters. The van der Waals surface area contributed by atoms with Crippen LogP contribution in [0.15, 0.2) is 51.9 Å². The number of aromatic nitrogens is 1. The fourth-order valence-corrected chi connectivity index (χ4v) is 4.62. The first-order valence-electron chi connectivity index (χ1n) is 10.2. The molecule has 0 saturated heterocycles. The van der Waals surface area contributed by atoms with Crippen LogP contribution in [0.4, 0.5) is 0 Å². The molecule has 31 heavy (non-hydrogen) atoms. The molecule has 3 aromatic rings. The normalized spacial score (nSPS) is 15.6. The van der Waals surface area contributed by atoms with E-state index in [2.05, 4.69) is 5.10 Å². The summed E-state index contributed by atoms with van der Waals surface area (Å²) in [5.74, 6) is -0.667. The summed E-state index contributed by atoms with van der Waals surface area (Å²) in [6.07, 6.45) is 7.20. The molecule has 0 spiro atoms. The highest BCUT2D eigenvalue weighted by Crippen LogP contribution is 2.36. The molecule has 0 unspecified atom stereocenters. The Morgan fingerprint density at radius 3 is 2.58 bits per heavy atom. The fourth-order valence-electron chi connectivity index (χ4n) is 3.72. The fraction of sp³-hybridized carbons (Fsp3) is 0.304. The van der Waals surface area contributed by atoms with Crippen molar-refractivity contribution < 1.29 is 20.1 Å². The van der Waals surface area contributed by atoms with E-state index in [0.29, 0.717) is 0 Å². The van der Waals surface area contributed by atoms with Crippen molar-refractivity contribution >= 4 is 17.6 Å². The van der Waals surface area contributed by atoms with Crippen LogP contribution in [0.25, 0.3) is 11.3 Å². The van der Waals surface area contributed by atoms with Gasteiger partial charge in [0.15, 0.2) is 11.5 Å². The lowest BCUT2D eigenvalue weighted by molar-refractivity contribution is 0.367. The predicted molar refractivity (Wildman–Crippen MR) is 121 cm³/mol. The molecular formula is C23H25N3O4S. The van der Waals surface area contributed by atoms with E-state index >= 15 is 0 Å². The van der Waals surface area contributed by atoms with Gasteiger partial charge in [-0.2, -0.15) is 5.10 Å². The Kier molecular flexibility index (Phi) is 6.27. The van der Waals surface area contributed by atoms with Crippen LogP contribution in [-0.4, -0.2) is 39.4 Å². The van der Waals surface area contributed by atoms with Gasteiger partial charge in [0.1, 0.15) is 5.75 Å². The minimum Gasteiger partial charge on any atom is -0.504 e. The van der Waals surface area contributed by atoms with Crippen molar-refractivity contribution in [1.82, 2.24) is 4.68 Å². The highest BCUT2D eigenvalue weighted by molar-refractivity contribution is 7.07. The van der Waals surface area contributed by atoms with E-state index in [1.807, 2.05) is 29.6 Å². The maximum absolute atomic E-state index is 10.2. The quantitative estimate of drug-likeness (QED) is 0.404. The van der Waals surface area contributed by atoms with Gasteiger partial charge in [-0.25, -0.2) is 4.68 Å². The Labute approximate surface area is 184 Å². The number of phenols is 3. The number of para-hydroxylation sites is 1. The van der Waals surface area contributed by atoms with Gasteiger partial charge in [-0.05, 0) is 37.1 Å². The number of rotatable bonds is 5. The average Bonchev–Trinajstić information content (AvgIpc) is 3.19. The maximum Gasteiger partial charge on any atom is 0.206 e. The van der Waals surface area contributed by atoms with Crippen LogP contribution in [0.3, 0.4) is 0 Å². The first-order chi connectivity index (χ1) is 15.1. The molecule has 1 saturated carbocycles. The SMILES string of the molecule is COc1ccccc1-c1csc(=NC2CCCCC2)n1N=Cc1ccc(O)c(O)c1O. The molecule has 1 heterocycles. The molecule has 3 N–H and O–H groups in total. The molecule has 1 fully saturated rings. The lowest BCUT2D eigenvalue weighted by atomic mass is 9.96. The third-order valence-electron chi connectivity index (χ3n) is 5.41. The molecule has 1 aliphatic rings. The second-order valence-electron chi connectivity index (χ2n) is 7.45. The van der Waals surface area contributed by atoms with Crippen molar-refractivity contribution in [2.45, 2.75) is 38.1 Å². The van der Waals surface area contributed by atoms with Gasteiger partial charge in [0.05, 0.1) is 25.1 Å². The van der Waals surface area contributed by atoms with Crippen LogP contribution in [0.2, 0.25) is 0 Å². The minimum atomic E-state index is -0.573. The highest BCUT2D eigenvalue weighted by atomic mass is 32.1. The number of hydrogen-bond acceptors (Lipinski definition) is 7. The summed E-state index contributed by atoms with van der Waals surface area (Å²) in [4.78, 5) is 5.72. The van der Waals surface area contributed by atoms with Crippen LogP contribution >= 0.6 is 11.3 Å². The second-order valence-corrected chi connectivity index (χ2v) is 8.29. The van der Waals surface area contributed by atoms with E-state index in [1.54, 1.807) is 11.8 Å². The van der Waals surface area contributed by atoms with E-state index in [9.17, 15) is 15.3 Å². The number of hydrogen-bond donors (Lipinski definition) is 3. The van der Waals surface area contributed by atoms with Crippen molar-refractivity contribution in [3.8, 4) is 34.3 Å². The monoisotopic (exact) mass is 439 g/mol. The van der Waals surface area contributed by atoms with Crippen LogP contribution in [-0.2, 0) is 0 Å². The Balaban J connectivity index is 1.82. The molecule has 0 amide bonds. The topological polar surface area (TPSA) is 99.6 Å². The van der Waals surface area contributed by atoms with Gasteiger partial charge in [0.25, 0.3) is 0 Å². The molecule has 0 radical (unpaired) electrons. The molecule has 7 nitrogen and oxygen atoms in total.